The van der Waals surface area contributed by atoms with Crippen molar-refractivity contribution in [3.8, 4) is 0 Å². The van der Waals surface area contributed by atoms with Crippen LogP contribution in [0.1, 0.15) is 0 Å². The van der Waals surface area contributed by atoms with E-state index in [4.69, 9.17) is 0 Å². The van der Waals surface area contributed by atoms with E-state index in [2.05, 4.69) is 16.6 Å². The fourth-order valence-electron chi connectivity index (χ4n) is 0.838. The quantitative estimate of drug-likeness (QED) is 0.521. The Bertz CT molecular complexity index is 204. The predicted octanol–water partition coefficient (Wildman–Crippen LogP) is 0.0468. The first-order valence-corrected chi connectivity index (χ1v) is 2.80. The van der Waals surface area contributed by atoms with Gasteiger partial charge in [0.1, 0.15) is 6.67 Å². The Morgan fingerprint density at radius 2 is 2.60 bits per heavy atom. The van der Waals surface area contributed by atoms with Crippen LogP contribution in [0.3, 0.4) is 0 Å². The van der Waals surface area contributed by atoms with E-state index in [1.54, 1.807) is 0 Å². The maximum absolute atomic E-state index is 3.99. The van der Waals surface area contributed by atoms with E-state index in [1.807, 2.05) is 23.3 Å². The smallest absolute Gasteiger partial charge is 0.106 e. The van der Waals surface area contributed by atoms with Gasteiger partial charge in [-0.2, -0.15) is 11.2 Å². The number of allylic oxidation sites excluding steroid dienone is 2. The second-order valence-electron chi connectivity index (χ2n) is 1.89. The normalized spacial score (nSPS) is 19.2. The molecule has 0 aromatic carbocycles. The zero-order chi connectivity index (χ0) is 6.10. The average molecular weight is 171 g/mol. The summed E-state index contributed by atoms with van der Waals surface area (Å²) in [5.74, 6) is 0.966. The van der Waals surface area contributed by atoms with Crippen LogP contribution >= 0.6 is 0 Å². The summed E-state index contributed by atoms with van der Waals surface area (Å²) in [5.41, 5.74) is 2.86. The standard InChI is InChI=1S/C6H6N3.V/c1-2-4-9-5-7-8-6(9)3-1;/h1,3-4,7H,5H2;/q-1;. The van der Waals surface area contributed by atoms with Crippen LogP contribution in [0.2, 0.25) is 0 Å². The van der Waals surface area contributed by atoms with Crippen molar-refractivity contribution in [3.63, 3.8) is 0 Å². The second kappa shape index (κ2) is 2.95. The van der Waals surface area contributed by atoms with Gasteiger partial charge in [-0.15, -0.1) is 0 Å². The van der Waals surface area contributed by atoms with E-state index in [-0.39, 0.29) is 18.6 Å². The number of hydrogen-bond donors (Lipinski definition) is 1. The molecule has 4 heteroatoms. The van der Waals surface area contributed by atoms with Gasteiger partial charge in [0.2, 0.25) is 0 Å². The number of fused-ring (bicyclic) bond motifs is 1. The summed E-state index contributed by atoms with van der Waals surface area (Å²) in [6.45, 7) is 0.771. The molecule has 0 aromatic heterocycles. The minimum atomic E-state index is 0. The number of hydrogen-bond acceptors (Lipinski definition) is 3. The summed E-state index contributed by atoms with van der Waals surface area (Å²) in [4.78, 5) is 1.99. The van der Waals surface area contributed by atoms with Gasteiger partial charge in [-0.05, 0) is 0 Å². The van der Waals surface area contributed by atoms with Gasteiger partial charge in [0.15, 0.2) is 0 Å². The van der Waals surface area contributed by atoms with Gasteiger partial charge >= 0.3 is 0 Å². The molecule has 2 rings (SSSR count). The van der Waals surface area contributed by atoms with E-state index < -0.39 is 0 Å². The zero-order valence-corrected chi connectivity index (χ0v) is 6.68. The Hall–Kier alpha value is -0.666. The summed E-state index contributed by atoms with van der Waals surface area (Å²) >= 11 is 0. The predicted molar refractivity (Wildman–Crippen MR) is 34.2 cm³/mol. The summed E-state index contributed by atoms with van der Waals surface area (Å²) in [5, 5.41) is 3.99. The van der Waals surface area contributed by atoms with Crippen LogP contribution in [-0.2, 0) is 18.6 Å². The maximum atomic E-state index is 3.99. The molecule has 0 amide bonds. The van der Waals surface area contributed by atoms with Crippen molar-refractivity contribution in [2.24, 2.45) is 5.10 Å². The molecule has 0 bridgehead atoms. The topological polar surface area (TPSA) is 27.6 Å². The molecule has 0 aromatic rings. The number of rotatable bonds is 0. The Morgan fingerprint density at radius 1 is 1.70 bits per heavy atom. The van der Waals surface area contributed by atoms with Crippen LogP contribution in [0.25, 0.3) is 0 Å². The molecule has 0 saturated carbocycles. The molecule has 1 N–H and O–H groups in total. The van der Waals surface area contributed by atoms with Crippen LogP contribution in [0.15, 0.2) is 23.5 Å². The van der Waals surface area contributed by atoms with E-state index in [9.17, 15) is 0 Å². The summed E-state index contributed by atoms with van der Waals surface area (Å²) < 4.78 is 0. The summed E-state index contributed by atoms with van der Waals surface area (Å²) in [6, 6.07) is 0. The van der Waals surface area contributed by atoms with Gasteiger partial charge in [0, 0.05) is 18.6 Å². The van der Waals surface area contributed by atoms with Crippen molar-refractivity contribution in [2.45, 2.75) is 0 Å². The second-order valence-corrected chi connectivity index (χ2v) is 1.89. The summed E-state index contributed by atoms with van der Waals surface area (Å²) in [7, 11) is 0. The SMILES string of the molecule is [C-]1=CN2CNN=C2C=C1.[V]. The molecular weight excluding hydrogens is 165 g/mol. The first kappa shape index (κ1) is 7.44. The van der Waals surface area contributed by atoms with Gasteiger partial charge < -0.3 is 4.90 Å². The molecule has 0 fully saturated rings. The molecule has 0 unspecified atom stereocenters. The van der Waals surface area contributed by atoms with Crippen LogP contribution in [0.5, 0.6) is 0 Å². The zero-order valence-electron chi connectivity index (χ0n) is 5.28. The third kappa shape index (κ3) is 1.10. The fraction of sp³-hybridized carbons (Fsp3) is 0.167. The minimum Gasteiger partial charge on any atom is -0.345 e. The van der Waals surface area contributed by atoms with E-state index >= 15 is 0 Å². The van der Waals surface area contributed by atoms with E-state index in [0.29, 0.717) is 0 Å². The van der Waals surface area contributed by atoms with Gasteiger partial charge in [0.05, 0.1) is 5.84 Å². The van der Waals surface area contributed by atoms with Crippen molar-refractivity contribution in [2.75, 3.05) is 6.67 Å². The number of nitrogens with zero attached hydrogens (tertiary/aromatic N) is 2. The van der Waals surface area contributed by atoms with E-state index in [1.165, 1.54) is 0 Å². The molecule has 0 saturated heterocycles. The molecule has 51 valence electrons. The largest absolute Gasteiger partial charge is 0.345 e. The van der Waals surface area contributed by atoms with Gasteiger partial charge in [-0.25, -0.2) is 12.2 Å². The Morgan fingerprint density at radius 3 is 3.40 bits per heavy atom. The molecule has 0 atom stereocenters. The molecule has 10 heavy (non-hydrogen) atoms. The van der Waals surface area contributed by atoms with Crippen LogP contribution in [0.4, 0.5) is 0 Å². The molecule has 0 aliphatic carbocycles. The van der Waals surface area contributed by atoms with Crippen molar-refractivity contribution in [3.05, 3.63) is 24.4 Å². The monoisotopic (exact) mass is 171 g/mol. The first-order valence-electron chi connectivity index (χ1n) is 2.80. The number of hydrazone groups is 1. The van der Waals surface area contributed by atoms with Crippen molar-refractivity contribution < 1.29 is 18.6 Å². The third-order valence-electron chi connectivity index (χ3n) is 1.29. The molecule has 0 spiro atoms. The molecule has 3 nitrogen and oxygen atoms in total. The fourth-order valence-corrected chi connectivity index (χ4v) is 0.838. The summed E-state index contributed by atoms with van der Waals surface area (Å²) in [6.07, 6.45) is 8.60. The van der Waals surface area contributed by atoms with Crippen molar-refractivity contribution in [1.82, 2.24) is 10.3 Å². The number of nitrogens with one attached hydrogen (secondary N) is 1. The van der Waals surface area contributed by atoms with Crippen LogP contribution in [0, 0.1) is 6.08 Å². The van der Waals surface area contributed by atoms with Crippen LogP contribution < -0.4 is 5.43 Å². The van der Waals surface area contributed by atoms with Gasteiger partial charge in [-0.3, -0.25) is 5.43 Å². The average Bonchev–Trinajstić information content (AvgIpc) is 2.33. The molecule has 2 aliphatic rings. The molecule has 2 aliphatic heterocycles. The Labute approximate surface area is 71.4 Å². The Kier molecular flexibility index (Phi) is 2.19. The minimum absolute atomic E-state index is 0. The van der Waals surface area contributed by atoms with Crippen LogP contribution in [-0.4, -0.2) is 17.4 Å². The maximum Gasteiger partial charge on any atom is 0.106 e. The van der Waals surface area contributed by atoms with Crippen molar-refractivity contribution >= 4 is 5.84 Å². The van der Waals surface area contributed by atoms with Gasteiger partial charge in [0.25, 0.3) is 0 Å². The molecule has 2 heterocycles. The Balaban J connectivity index is 0.000000500. The molecule has 1 radical (unpaired) electrons. The third-order valence-corrected chi connectivity index (χ3v) is 1.29. The first-order chi connectivity index (χ1) is 4.47. The van der Waals surface area contributed by atoms with E-state index in [0.717, 1.165) is 12.5 Å². The number of amidine groups is 1. The van der Waals surface area contributed by atoms with Gasteiger partial charge in [-0.1, -0.05) is 6.20 Å². The van der Waals surface area contributed by atoms with Crippen molar-refractivity contribution in [1.29, 1.82) is 0 Å². The molecular formula is C6H6N3V-.